The summed E-state index contributed by atoms with van der Waals surface area (Å²) in [7, 11) is 1.26. The van der Waals surface area contributed by atoms with Crippen molar-refractivity contribution in [2.24, 2.45) is 5.92 Å². The maximum Gasteiger partial charge on any atom is 0.337 e. The fourth-order valence-electron chi connectivity index (χ4n) is 2.51. The Morgan fingerprint density at radius 3 is 2.67 bits per heavy atom. The highest BCUT2D eigenvalue weighted by molar-refractivity contribution is 6.31. The normalized spacial score (nSPS) is 18.0. The standard InChI is InChI=1S/C14H14ClNO5/c1-7-3-9(15)5-10(13(18)19)12(7)16-6-8(4-11(16)17)14(20)21-2/h3,5,8H,4,6H2,1-2H3,(H,18,19). The predicted molar refractivity (Wildman–Crippen MR) is 75.6 cm³/mol. The van der Waals surface area contributed by atoms with Gasteiger partial charge < -0.3 is 14.7 Å². The number of carbonyl (C=O) groups excluding carboxylic acids is 2. The summed E-state index contributed by atoms with van der Waals surface area (Å²) in [6, 6.07) is 2.88. The number of anilines is 1. The van der Waals surface area contributed by atoms with Gasteiger partial charge in [-0.3, -0.25) is 9.59 Å². The summed E-state index contributed by atoms with van der Waals surface area (Å²) < 4.78 is 4.64. The highest BCUT2D eigenvalue weighted by atomic mass is 35.5. The zero-order valence-corrected chi connectivity index (χ0v) is 12.3. The van der Waals surface area contributed by atoms with E-state index in [1.165, 1.54) is 18.1 Å². The van der Waals surface area contributed by atoms with E-state index in [4.69, 9.17) is 11.6 Å². The fourth-order valence-corrected chi connectivity index (χ4v) is 2.78. The first kappa shape index (κ1) is 15.3. The number of nitrogens with zero attached hydrogens (tertiary/aromatic N) is 1. The minimum absolute atomic E-state index is 0.00774. The first-order valence-corrected chi connectivity index (χ1v) is 6.64. The Morgan fingerprint density at radius 1 is 1.43 bits per heavy atom. The van der Waals surface area contributed by atoms with Crippen molar-refractivity contribution in [2.45, 2.75) is 13.3 Å². The number of hydrogen-bond acceptors (Lipinski definition) is 4. The first-order chi connectivity index (χ1) is 9.85. The summed E-state index contributed by atoms with van der Waals surface area (Å²) >= 11 is 5.87. The van der Waals surface area contributed by atoms with Gasteiger partial charge in [-0.2, -0.15) is 0 Å². The smallest absolute Gasteiger partial charge is 0.337 e. The Hall–Kier alpha value is -2.08. The molecule has 1 aromatic rings. The number of amides is 1. The van der Waals surface area contributed by atoms with Gasteiger partial charge in [0.15, 0.2) is 0 Å². The lowest BCUT2D eigenvalue weighted by atomic mass is 10.1. The molecule has 0 radical (unpaired) electrons. The van der Waals surface area contributed by atoms with Crippen molar-refractivity contribution < 1.29 is 24.2 Å². The number of halogens is 1. The van der Waals surface area contributed by atoms with Crippen LogP contribution in [-0.4, -0.2) is 36.6 Å². The van der Waals surface area contributed by atoms with Crippen LogP contribution in [-0.2, 0) is 14.3 Å². The highest BCUT2D eigenvalue weighted by Gasteiger charge is 2.38. The maximum atomic E-state index is 12.1. The van der Waals surface area contributed by atoms with Gasteiger partial charge in [-0.05, 0) is 24.6 Å². The number of carbonyl (C=O) groups is 3. The van der Waals surface area contributed by atoms with E-state index < -0.39 is 17.9 Å². The van der Waals surface area contributed by atoms with Crippen LogP contribution in [0.3, 0.4) is 0 Å². The number of carboxylic acid groups (broad SMARTS) is 1. The molecule has 0 saturated carbocycles. The van der Waals surface area contributed by atoms with Crippen LogP contribution in [0, 0.1) is 12.8 Å². The molecule has 1 unspecified atom stereocenters. The van der Waals surface area contributed by atoms with Gasteiger partial charge in [0.25, 0.3) is 0 Å². The van der Waals surface area contributed by atoms with Crippen molar-refractivity contribution in [1.29, 1.82) is 0 Å². The number of aromatic carboxylic acids is 1. The maximum absolute atomic E-state index is 12.1. The van der Waals surface area contributed by atoms with E-state index in [1.807, 2.05) is 0 Å². The van der Waals surface area contributed by atoms with Gasteiger partial charge in [-0.15, -0.1) is 0 Å². The second kappa shape index (κ2) is 5.73. The Labute approximate surface area is 126 Å². The molecule has 0 aliphatic carbocycles. The molecule has 0 bridgehead atoms. The summed E-state index contributed by atoms with van der Waals surface area (Å²) in [5.74, 6) is -2.54. The van der Waals surface area contributed by atoms with Crippen LogP contribution in [0.2, 0.25) is 5.02 Å². The van der Waals surface area contributed by atoms with E-state index in [9.17, 15) is 19.5 Å². The topological polar surface area (TPSA) is 83.9 Å². The van der Waals surface area contributed by atoms with Crippen molar-refractivity contribution in [2.75, 3.05) is 18.6 Å². The molecule has 1 heterocycles. The molecule has 1 aliphatic rings. The van der Waals surface area contributed by atoms with Crippen LogP contribution in [0.15, 0.2) is 12.1 Å². The number of aryl methyl sites for hydroxylation is 1. The second-order valence-electron chi connectivity index (χ2n) is 4.85. The summed E-state index contributed by atoms with van der Waals surface area (Å²) in [4.78, 5) is 36.4. The number of rotatable bonds is 3. The molecule has 0 spiro atoms. The van der Waals surface area contributed by atoms with Gasteiger partial charge in [0.2, 0.25) is 5.91 Å². The lowest BCUT2D eigenvalue weighted by Crippen LogP contribution is -2.28. The SMILES string of the molecule is COC(=O)C1CC(=O)N(c2c(C)cc(Cl)cc2C(=O)O)C1. The van der Waals surface area contributed by atoms with E-state index in [1.54, 1.807) is 13.0 Å². The molecule has 1 aliphatic heterocycles. The predicted octanol–water partition coefficient (Wildman–Crippen LogP) is 1.87. The molecule has 0 aromatic heterocycles. The van der Waals surface area contributed by atoms with Gasteiger partial charge in [0, 0.05) is 18.0 Å². The number of methoxy groups -OCH3 is 1. The van der Waals surface area contributed by atoms with Crippen LogP contribution in [0.4, 0.5) is 5.69 Å². The summed E-state index contributed by atoms with van der Waals surface area (Å²) in [6.45, 7) is 1.78. The molecular formula is C14H14ClNO5. The van der Waals surface area contributed by atoms with Gasteiger partial charge in [0.05, 0.1) is 24.3 Å². The number of benzene rings is 1. The molecular weight excluding hydrogens is 298 g/mol. The Bertz CT molecular complexity index is 628. The first-order valence-electron chi connectivity index (χ1n) is 6.26. The van der Waals surface area contributed by atoms with Crippen LogP contribution in [0.5, 0.6) is 0 Å². The molecule has 1 saturated heterocycles. The van der Waals surface area contributed by atoms with Gasteiger partial charge >= 0.3 is 11.9 Å². The third-order valence-electron chi connectivity index (χ3n) is 3.43. The Morgan fingerprint density at radius 2 is 2.10 bits per heavy atom. The molecule has 1 atom stereocenters. The third-order valence-corrected chi connectivity index (χ3v) is 3.64. The highest BCUT2D eigenvalue weighted by Crippen LogP contribution is 2.33. The van der Waals surface area contributed by atoms with E-state index in [0.717, 1.165) is 0 Å². The van der Waals surface area contributed by atoms with Gasteiger partial charge in [-0.1, -0.05) is 11.6 Å². The molecule has 6 nitrogen and oxygen atoms in total. The molecule has 1 N–H and O–H groups in total. The van der Waals surface area contributed by atoms with E-state index in [0.29, 0.717) is 5.56 Å². The van der Waals surface area contributed by atoms with E-state index in [2.05, 4.69) is 4.74 Å². The zero-order valence-electron chi connectivity index (χ0n) is 11.6. The van der Waals surface area contributed by atoms with E-state index >= 15 is 0 Å². The Kier molecular flexibility index (Phi) is 4.18. The number of carboxylic acids is 1. The number of esters is 1. The summed E-state index contributed by atoms with van der Waals surface area (Å²) in [5.41, 5.74) is 0.793. The number of ether oxygens (including phenoxy) is 1. The van der Waals surface area contributed by atoms with Crippen LogP contribution >= 0.6 is 11.6 Å². The van der Waals surface area contributed by atoms with Crippen molar-refractivity contribution >= 4 is 35.1 Å². The molecule has 21 heavy (non-hydrogen) atoms. The molecule has 1 aromatic carbocycles. The van der Waals surface area contributed by atoms with Crippen molar-refractivity contribution in [3.8, 4) is 0 Å². The molecule has 1 fully saturated rings. The molecule has 2 rings (SSSR count). The third kappa shape index (κ3) is 2.85. The lowest BCUT2D eigenvalue weighted by Gasteiger charge is -2.21. The summed E-state index contributed by atoms with van der Waals surface area (Å²) in [6.07, 6.45) is 0.00774. The lowest BCUT2D eigenvalue weighted by molar-refractivity contribution is -0.145. The monoisotopic (exact) mass is 311 g/mol. The molecule has 1 amide bonds. The quantitative estimate of drug-likeness (QED) is 0.862. The molecule has 7 heteroatoms. The van der Waals surface area contributed by atoms with Gasteiger partial charge in [-0.25, -0.2) is 4.79 Å². The average Bonchev–Trinajstić information content (AvgIpc) is 2.78. The van der Waals surface area contributed by atoms with Crippen LogP contribution in [0.25, 0.3) is 0 Å². The van der Waals surface area contributed by atoms with Crippen LogP contribution < -0.4 is 4.90 Å². The van der Waals surface area contributed by atoms with Gasteiger partial charge in [0.1, 0.15) is 0 Å². The fraction of sp³-hybridized carbons (Fsp3) is 0.357. The van der Waals surface area contributed by atoms with Crippen molar-refractivity contribution in [3.63, 3.8) is 0 Å². The second-order valence-corrected chi connectivity index (χ2v) is 5.29. The van der Waals surface area contributed by atoms with Crippen LogP contribution in [0.1, 0.15) is 22.3 Å². The zero-order chi connectivity index (χ0) is 15.7. The average molecular weight is 312 g/mol. The minimum atomic E-state index is -1.18. The number of hydrogen-bond donors (Lipinski definition) is 1. The Balaban J connectivity index is 2.45. The van der Waals surface area contributed by atoms with E-state index in [-0.39, 0.29) is 35.1 Å². The van der Waals surface area contributed by atoms with Crippen molar-refractivity contribution in [3.05, 3.63) is 28.3 Å². The van der Waals surface area contributed by atoms with Crippen molar-refractivity contribution in [1.82, 2.24) is 0 Å². The largest absolute Gasteiger partial charge is 0.478 e. The molecule has 112 valence electrons. The summed E-state index contributed by atoms with van der Waals surface area (Å²) in [5, 5.41) is 9.58. The minimum Gasteiger partial charge on any atom is -0.478 e.